The average molecular weight is 100 g/mol. The molecule has 0 aromatic rings. The van der Waals surface area contributed by atoms with Crippen LogP contribution in [0.4, 0.5) is 0 Å². The summed E-state index contributed by atoms with van der Waals surface area (Å²) in [5, 5.41) is 13.3. The van der Waals surface area contributed by atoms with Gasteiger partial charge in [0.05, 0.1) is 5.71 Å². The number of hydrogen-bond donors (Lipinski definition) is 4. The quantitative estimate of drug-likeness (QED) is 0.261. The Kier molecular flexibility index (Phi) is 2.01. The van der Waals surface area contributed by atoms with Crippen LogP contribution in [0.5, 0.6) is 0 Å². The molecule has 4 heteroatoms. The maximum Gasteiger partial charge on any atom is 0.138 e. The molecule has 0 radical (unpaired) electrons. The van der Waals surface area contributed by atoms with E-state index < -0.39 is 0 Å². The van der Waals surface area contributed by atoms with Gasteiger partial charge >= 0.3 is 0 Å². The van der Waals surface area contributed by atoms with Crippen LogP contribution in [-0.2, 0) is 0 Å². The maximum absolute atomic E-state index is 6.72. The molecule has 0 aliphatic rings. The van der Waals surface area contributed by atoms with Crippen LogP contribution in [0.25, 0.3) is 0 Å². The van der Waals surface area contributed by atoms with Crippen LogP contribution in [0.15, 0.2) is 0 Å². The molecular formula is C3H8N4. The number of hydrogen-bond acceptors (Lipinski definition) is 3. The van der Waals surface area contributed by atoms with E-state index in [0.29, 0.717) is 0 Å². The SMILES string of the molecule is N=C(N)C(=N)CN. The summed E-state index contributed by atoms with van der Waals surface area (Å²) in [6, 6.07) is 0. The highest BCUT2D eigenvalue weighted by atomic mass is 14.8. The normalized spacial score (nSPS) is 8.14. The molecule has 0 bridgehead atoms. The minimum atomic E-state index is -0.248. The summed E-state index contributed by atoms with van der Waals surface area (Å²) in [6.45, 7) is 0.0509. The first-order valence-corrected chi connectivity index (χ1v) is 1.80. The lowest BCUT2D eigenvalue weighted by molar-refractivity contribution is 1.27. The molecule has 7 heavy (non-hydrogen) atoms. The summed E-state index contributed by atoms with van der Waals surface area (Å²) in [7, 11) is 0. The van der Waals surface area contributed by atoms with Crippen LogP contribution >= 0.6 is 0 Å². The summed E-state index contributed by atoms with van der Waals surface area (Å²) in [5.41, 5.74) is 9.74. The molecule has 0 aliphatic heterocycles. The first-order chi connectivity index (χ1) is 3.18. The predicted octanol–water partition coefficient (Wildman–Crippen LogP) is -1.10. The fourth-order valence-corrected chi connectivity index (χ4v) is 0.110. The molecule has 0 fully saturated rings. The van der Waals surface area contributed by atoms with Gasteiger partial charge in [-0.2, -0.15) is 0 Å². The summed E-state index contributed by atoms with van der Waals surface area (Å²) >= 11 is 0. The van der Waals surface area contributed by atoms with Crippen molar-refractivity contribution < 1.29 is 0 Å². The summed E-state index contributed by atoms with van der Waals surface area (Å²) in [5.74, 6) is -0.248. The second kappa shape index (κ2) is 2.30. The van der Waals surface area contributed by atoms with Gasteiger partial charge in [0.25, 0.3) is 0 Å². The van der Waals surface area contributed by atoms with E-state index >= 15 is 0 Å². The van der Waals surface area contributed by atoms with Crippen molar-refractivity contribution in [3.05, 3.63) is 0 Å². The zero-order valence-electron chi connectivity index (χ0n) is 3.86. The zero-order valence-corrected chi connectivity index (χ0v) is 3.86. The van der Waals surface area contributed by atoms with E-state index in [0.717, 1.165) is 0 Å². The third-order valence-electron chi connectivity index (χ3n) is 0.529. The molecule has 0 saturated carbocycles. The molecule has 0 unspecified atom stereocenters. The Hall–Kier alpha value is -0.900. The van der Waals surface area contributed by atoms with Crippen LogP contribution in [-0.4, -0.2) is 18.1 Å². The Labute approximate surface area is 41.5 Å². The second-order valence-electron chi connectivity index (χ2n) is 1.10. The van der Waals surface area contributed by atoms with Gasteiger partial charge in [0.1, 0.15) is 5.84 Å². The molecule has 0 amide bonds. The minimum Gasteiger partial charge on any atom is -0.383 e. The van der Waals surface area contributed by atoms with Crippen molar-refractivity contribution in [2.24, 2.45) is 11.5 Å². The third-order valence-corrected chi connectivity index (χ3v) is 0.529. The van der Waals surface area contributed by atoms with Crippen LogP contribution in [0.3, 0.4) is 0 Å². The lowest BCUT2D eigenvalue weighted by Crippen LogP contribution is -2.28. The van der Waals surface area contributed by atoms with Crippen LogP contribution < -0.4 is 11.5 Å². The van der Waals surface area contributed by atoms with E-state index in [4.69, 9.17) is 22.3 Å². The Morgan fingerprint density at radius 2 is 1.86 bits per heavy atom. The molecule has 0 aromatic carbocycles. The van der Waals surface area contributed by atoms with Crippen molar-refractivity contribution >= 4 is 11.5 Å². The van der Waals surface area contributed by atoms with Crippen molar-refractivity contribution in [1.82, 2.24) is 0 Å². The van der Waals surface area contributed by atoms with Gasteiger partial charge in [-0.3, -0.25) is 5.41 Å². The lowest BCUT2D eigenvalue weighted by atomic mass is 10.4. The van der Waals surface area contributed by atoms with Gasteiger partial charge in [-0.1, -0.05) is 0 Å². The van der Waals surface area contributed by atoms with Crippen LogP contribution in [0, 0.1) is 10.8 Å². The highest BCUT2D eigenvalue weighted by Crippen LogP contribution is 1.61. The molecule has 0 saturated heterocycles. The summed E-state index contributed by atoms with van der Waals surface area (Å²) in [4.78, 5) is 0. The van der Waals surface area contributed by atoms with Gasteiger partial charge in [0, 0.05) is 6.54 Å². The Morgan fingerprint density at radius 3 is 1.86 bits per heavy atom. The predicted molar refractivity (Wildman–Crippen MR) is 28.7 cm³/mol. The van der Waals surface area contributed by atoms with E-state index in [-0.39, 0.29) is 18.1 Å². The van der Waals surface area contributed by atoms with Gasteiger partial charge < -0.3 is 16.9 Å². The Morgan fingerprint density at radius 1 is 1.43 bits per heavy atom. The van der Waals surface area contributed by atoms with Gasteiger partial charge in [-0.05, 0) is 0 Å². The highest BCUT2D eigenvalue weighted by Gasteiger charge is 1.92. The number of amidine groups is 1. The molecule has 0 spiro atoms. The molecule has 4 nitrogen and oxygen atoms in total. The van der Waals surface area contributed by atoms with E-state index in [9.17, 15) is 0 Å². The van der Waals surface area contributed by atoms with Crippen molar-refractivity contribution in [3.63, 3.8) is 0 Å². The fourth-order valence-electron chi connectivity index (χ4n) is 0.110. The monoisotopic (exact) mass is 100 g/mol. The Bertz CT molecular complexity index is 95.1. The second-order valence-corrected chi connectivity index (χ2v) is 1.10. The third kappa shape index (κ3) is 1.88. The fraction of sp³-hybridized carbons (Fsp3) is 0.333. The van der Waals surface area contributed by atoms with E-state index in [1.165, 1.54) is 0 Å². The lowest BCUT2D eigenvalue weighted by Gasteiger charge is -1.91. The topological polar surface area (TPSA) is 99.7 Å². The van der Waals surface area contributed by atoms with E-state index in [2.05, 4.69) is 0 Å². The number of nitrogens with two attached hydrogens (primary N) is 2. The molecule has 0 rings (SSSR count). The summed E-state index contributed by atoms with van der Waals surface area (Å²) in [6.07, 6.45) is 0. The van der Waals surface area contributed by atoms with Gasteiger partial charge in [-0.25, -0.2) is 0 Å². The van der Waals surface area contributed by atoms with Crippen molar-refractivity contribution in [2.45, 2.75) is 0 Å². The maximum atomic E-state index is 6.72. The molecule has 40 valence electrons. The molecule has 6 N–H and O–H groups in total. The average Bonchev–Trinajstić information content (AvgIpc) is 1.65. The van der Waals surface area contributed by atoms with E-state index in [1.54, 1.807) is 0 Å². The van der Waals surface area contributed by atoms with Crippen LogP contribution in [0.1, 0.15) is 0 Å². The molecule has 0 aromatic heterocycles. The van der Waals surface area contributed by atoms with Crippen LogP contribution in [0.2, 0.25) is 0 Å². The van der Waals surface area contributed by atoms with Crippen molar-refractivity contribution in [1.29, 1.82) is 10.8 Å². The summed E-state index contributed by atoms with van der Waals surface area (Å²) < 4.78 is 0. The minimum absolute atomic E-state index is 0.0139. The van der Waals surface area contributed by atoms with Gasteiger partial charge in [0.2, 0.25) is 0 Å². The highest BCUT2D eigenvalue weighted by molar-refractivity contribution is 6.39. The smallest absolute Gasteiger partial charge is 0.138 e. The first-order valence-electron chi connectivity index (χ1n) is 1.80. The molecule has 0 aliphatic carbocycles. The number of rotatable bonds is 2. The first kappa shape index (κ1) is 6.10. The standard InChI is InChI=1S/C3H8N4/c4-1-2(5)3(6)7/h5H,1,4H2,(H3,6,7). The zero-order chi connectivity index (χ0) is 5.86. The van der Waals surface area contributed by atoms with Gasteiger partial charge in [0.15, 0.2) is 0 Å². The van der Waals surface area contributed by atoms with Crippen molar-refractivity contribution in [3.8, 4) is 0 Å². The molecule has 0 heterocycles. The molecule has 0 atom stereocenters. The van der Waals surface area contributed by atoms with E-state index in [1.807, 2.05) is 0 Å². The van der Waals surface area contributed by atoms with Gasteiger partial charge in [-0.15, -0.1) is 0 Å². The van der Waals surface area contributed by atoms with Crippen molar-refractivity contribution in [2.75, 3.05) is 6.54 Å². The molecular weight excluding hydrogens is 92.1 g/mol. The number of nitrogens with one attached hydrogen (secondary N) is 2. The Balaban J connectivity index is 3.58. The largest absolute Gasteiger partial charge is 0.383 e.